The number of nitrogens with zero attached hydrogens (tertiary/aromatic N) is 1. The fraction of sp³-hybridized carbons (Fsp3) is 0.375. The lowest BCUT2D eigenvalue weighted by molar-refractivity contribution is 0.0734. The number of halogens is 1. The molecule has 0 amide bonds. The van der Waals surface area contributed by atoms with Crippen molar-refractivity contribution in [2.45, 2.75) is 19.3 Å². The minimum Gasteiger partial charge on any atom is -0.423 e. The van der Waals surface area contributed by atoms with Crippen LogP contribution in [0.25, 0.3) is 5.57 Å². The molecule has 0 spiro atoms. The van der Waals surface area contributed by atoms with Gasteiger partial charge in [0.1, 0.15) is 5.75 Å². The molecule has 2 aliphatic carbocycles. The number of esters is 1. The summed E-state index contributed by atoms with van der Waals surface area (Å²) in [5.74, 6) is 2.34. The number of rotatable bonds is 5. The van der Waals surface area contributed by atoms with E-state index < -0.39 is 0 Å². The Kier molecular flexibility index (Phi) is 6.58. The van der Waals surface area contributed by atoms with E-state index in [0.29, 0.717) is 23.1 Å². The van der Waals surface area contributed by atoms with Crippen molar-refractivity contribution in [3.8, 4) is 5.75 Å². The highest BCUT2D eigenvalue weighted by Gasteiger charge is 2.37. The molecule has 0 radical (unpaired) electrons. The van der Waals surface area contributed by atoms with Crippen LogP contribution in [0.15, 0.2) is 60.7 Å². The number of ether oxygens (including phenoxy) is 1. The number of fused-ring (bicyclic) bond motifs is 2. The summed E-state index contributed by atoms with van der Waals surface area (Å²) in [6.07, 6.45) is 6.44. The number of hydrogen-bond donors (Lipinski definition) is 0. The topological polar surface area (TPSA) is 29.5 Å². The second-order valence-corrected chi connectivity index (χ2v) is 8.11. The number of carbonyl (C=O) groups is 1. The molecule has 3 nitrogen and oxygen atoms in total. The molecule has 4 rings (SSSR count). The van der Waals surface area contributed by atoms with Crippen molar-refractivity contribution in [1.29, 1.82) is 0 Å². The lowest BCUT2D eigenvalue weighted by Crippen LogP contribution is -2.29. The van der Waals surface area contributed by atoms with Crippen LogP contribution >= 0.6 is 12.4 Å². The molecular weight excluding hydrogens is 370 g/mol. The average molecular weight is 398 g/mol. The first-order chi connectivity index (χ1) is 13.1. The summed E-state index contributed by atoms with van der Waals surface area (Å²) in [5, 5.41) is 0. The van der Waals surface area contributed by atoms with Crippen LogP contribution in [0.3, 0.4) is 0 Å². The summed E-state index contributed by atoms with van der Waals surface area (Å²) in [6, 6.07) is 17.2. The van der Waals surface area contributed by atoms with Crippen LogP contribution in [0.4, 0.5) is 0 Å². The molecule has 0 N–H and O–H groups in total. The van der Waals surface area contributed by atoms with Gasteiger partial charge >= 0.3 is 5.97 Å². The molecule has 2 aromatic rings. The summed E-state index contributed by atoms with van der Waals surface area (Å²) in [4.78, 5) is 14.7. The van der Waals surface area contributed by atoms with E-state index in [4.69, 9.17) is 4.74 Å². The predicted octanol–water partition coefficient (Wildman–Crippen LogP) is 5.32. The summed E-state index contributed by atoms with van der Waals surface area (Å²) in [7, 11) is 4.30. The highest BCUT2D eigenvalue weighted by atomic mass is 35.5. The van der Waals surface area contributed by atoms with Gasteiger partial charge in [0.05, 0.1) is 5.56 Å². The quantitative estimate of drug-likeness (QED) is 0.505. The number of allylic oxidation sites excluding steroid dienone is 1. The summed E-state index contributed by atoms with van der Waals surface area (Å²) >= 11 is 0. The van der Waals surface area contributed by atoms with Crippen LogP contribution in [-0.2, 0) is 0 Å². The van der Waals surface area contributed by atoms with E-state index >= 15 is 0 Å². The molecule has 0 saturated heterocycles. The van der Waals surface area contributed by atoms with E-state index in [9.17, 15) is 4.79 Å². The third-order valence-electron chi connectivity index (χ3n) is 5.85. The first kappa shape index (κ1) is 20.6. The molecule has 3 unspecified atom stereocenters. The normalized spacial score (nSPS) is 23.1. The van der Waals surface area contributed by atoms with Crippen LogP contribution in [-0.4, -0.2) is 31.5 Å². The van der Waals surface area contributed by atoms with Crippen molar-refractivity contribution < 1.29 is 9.53 Å². The molecule has 2 bridgehead atoms. The third-order valence-corrected chi connectivity index (χ3v) is 5.85. The Morgan fingerprint density at radius 1 is 1.07 bits per heavy atom. The molecule has 28 heavy (non-hydrogen) atoms. The van der Waals surface area contributed by atoms with Gasteiger partial charge in [0.15, 0.2) is 0 Å². The van der Waals surface area contributed by atoms with Crippen molar-refractivity contribution in [3.63, 3.8) is 0 Å². The van der Waals surface area contributed by atoms with Crippen molar-refractivity contribution in [2.24, 2.45) is 17.8 Å². The predicted molar refractivity (Wildman–Crippen MR) is 116 cm³/mol. The van der Waals surface area contributed by atoms with Crippen LogP contribution < -0.4 is 4.74 Å². The zero-order chi connectivity index (χ0) is 18.8. The Bertz CT molecular complexity index is 847. The minimum absolute atomic E-state index is 0. The van der Waals surface area contributed by atoms with Crippen LogP contribution in [0, 0.1) is 17.8 Å². The van der Waals surface area contributed by atoms with Crippen LogP contribution in [0.2, 0.25) is 0 Å². The molecule has 2 aliphatic rings. The largest absolute Gasteiger partial charge is 0.423 e. The van der Waals surface area contributed by atoms with E-state index in [0.717, 1.165) is 12.5 Å². The van der Waals surface area contributed by atoms with Crippen LogP contribution in [0.5, 0.6) is 5.75 Å². The monoisotopic (exact) mass is 397 g/mol. The summed E-state index contributed by atoms with van der Waals surface area (Å²) in [5.41, 5.74) is 3.19. The Morgan fingerprint density at radius 2 is 1.86 bits per heavy atom. The number of hydrogen-bond acceptors (Lipinski definition) is 3. The highest BCUT2D eigenvalue weighted by Crippen LogP contribution is 2.48. The van der Waals surface area contributed by atoms with Crippen molar-refractivity contribution >= 4 is 23.9 Å². The first-order valence-corrected chi connectivity index (χ1v) is 9.84. The molecule has 0 heterocycles. The van der Waals surface area contributed by atoms with Gasteiger partial charge in [-0.1, -0.05) is 36.4 Å². The maximum Gasteiger partial charge on any atom is 0.343 e. The van der Waals surface area contributed by atoms with E-state index in [-0.39, 0.29) is 18.4 Å². The Morgan fingerprint density at radius 3 is 2.61 bits per heavy atom. The molecule has 2 aromatic carbocycles. The van der Waals surface area contributed by atoms with E-state index in [2.05, 4.69) is 31.1 Å². The van der Waals surface area contributed by atoms with E-state index in [1.54, 1.807) is 12.1 Å². The molecule has 1 saturated carbocycles. The van der Waals surface area contributed by atoms with Gasteiger partial charge in [-0.15, -0.1) is 12.4 Å². The standard InChI is InChI=1S/C24H27NO2.ClH/c1-25(2)16-23-20-12-11-17(13-20)14-22(23)19-9-6-10-21(15-19)27-24(26)18-7-4-3-5-8-18;/h3-10,14-15,17,20,23H,11-13,16H2,1-2H3;1H. The fourth-order valence-electron chi connectivity index (χ4n) is 4.63. The molecule has 0 aliphatic heterocycles. The fourth-order valence-corrected chi connectivity index (χ4v) is 4.63. The molecular formula is C24H28ClNO2. The van der Waals surface area contributed by atoms with E-state index in [1.165, 1.54) is 30.4 Å². The lowest BCUT2D eigenvalue weighted by Gasteiger charge is -2.32. The summed E-state index contributed by atoms with van der Waals surface area (Å²) in [6.45, 7) is 1.07. The van der Waals surface area contributed by atoms with Crippen molar-refractivity contribution in [3.05, 3.63) is 71.8 Å². The average Bonchev–Trinajstić information content (AvgIpc) is 3.07. The molecule has 3 atom stereocenters. The molecule has 1 fully saturated rings. The third kappa shape index (κ3) is 4.48. The van der Waals surface area contributed by atoms with Gasteiger partial charge in [0, 0.05) is 6.54 Å². The Balaban J connectivity index is 0.00000225. The van der Waals surface area contributed by atoms with E-state index in [1.807, 2.05) is 36.4 Å². The zero-order valence-electron chi connectivity index (χ0n) is 16.5. The maximum absolute atomic E-state index is 12.4. The van der Waals surface area contributed by atoms with Crippen molar-refractivity contribution in [1.82, 2.24) is 4.90 Å². The van der Waals surface area contributed by atoms with Gasteiger partial charge in [-0.25, -0.2) is 4.79 Å². The van der Waals surface area contributed by atoms with Gasteiger partial charge in [0.2, 0.25) is 0 Å². The lowest BCUT2D eigenvalue weighted by atomic mass is 9.76. The SMILES string of the molecule is CN(C)CC1C(c2cccc(OC(=O)c3ccccc3)c2)=CC2CCC1C2.Cl. The maximum atomic E-state index is 12.4. The zero-order valence-corrected chi connectivity index (χ0v) is 17.3. The Labute approximate surface area is 173 Å². The number of carbonyl (C=O) groups excluding carboxylic acids is 1. The summed E-state index contributed by atoms with van der Waals surface area (Å²) < 4.78 is 5.64. The van der Waals surface area contributed by atoms with Gasteiger partial charge in [0.25, 0.3) is 0 Å². The first-order valence-electron chi connectivity index (χ1n) is 9.84. The van der Waals surface area contributed by atoms with Crippen molar-refractivity contribution in [2.75, 3.05) is 20.6 Å². The molecule has 148 valence electrons. The highest BCUT2D eigenvalue weighted by molar-refractivity contribution is 5.91. The minimum atomic E-state index is -0.310. The smallest absolute Gasteiger partial charge is 0.343 e. The van der Waals surface area contributed by atoms with Crippen LogP contribution in [0.1, 0.15) is 35.2 Å². The second kappa shape index (κ2) is 8.93. The Hall–Kier alpha value is -2.10. The molecule has 4 heteroatoms. The van der Waals surface area contributed by atoms with Gasteiger partial charge in [-0.3, -0.25) is 0 Å². The van der Waals surface area contributed by atoms with Gasteiger partial charge in [-0.05, 0) is 86.5 Å². The van der Waals surface area contributed by atoms with Gasteiger partial charge < -0.3 is 9.64 Å². The second-order valence-electron chi connectivity index (χ2n) is 8.11. The number of benzene rings is 2. The molecule has 0 aromatic heterocycles. The van der Waals surface area contributed by atoms with Gasteiger partial charge in [-0.2, -0.15) is 0 Å².